The molecule has 28 heavy (non-hydrogen) atoms. The van der Waals surface area contributed by atoms with Gasteiger partial charge in [0.25, 0.3) is 0 Å². The molecule has 1 aliphatic carbocycles. The highest BCUT2D eigenvalue weighted by atomic mass is 32.2. The molecule has 0 bridgehead atoms. The molecule has 1 aromatic rings. The number of nitrogens with one attached hydrogen (secondary N) is 1. The third-order valence-corrected chi connectivity index (χ3v) is 8.12. The van der Waals surface area contributed by atoms with Crippen LogP contribution in [0.1, 0.15) is 51.0 Å². The normalized spacial score (nSPS) is 21.0. The van der Waals surface area contributed by atoms with Crippen LogP contribution in [0.25, 0.3) is 0 Å². The molecular formula is C20H28F2N2O3S. The highest BCUT2D eigenvalue weighted by molar-refractivity contribution is 7.89. The number of sulfonamides is 1. The van der Waals surface area contributed by atoms with Gasteiger partial charge in [0.2, 0.25) is 15.9 Å². The van der Waals surface area contributed by atoms with Crippen LogP contribution in [0.4, 0.5) is 8.78 Å². The number of nitrogens with zero attached hydrogens (tertiary/aromatic N) is 1. The number of rotatable bonds is 6. The van der Waals surface area contributed by atoms with Crippen LogP contribution in [-0.4, -0.2) is 44.0 Å². The largest absolute Gasteiger partial charge is 0.355 e. The molecule has 1 saturated carbocycles. The van der Waals surface area contributed by atoms with E-state index < -0.39 is 27.1 Å². The maximum Gasteiger partial charge on any atom is 0.223 e. The minimum atomic E-state index is -3.23. The molecular weight excluding hydrogens is 386 g/mol. The van der Waals surface area contributed by atoms with Crippen LogP contribution in [0.2, 0.25) is 0 Å². The fourth-order valence-corrected chi connectivity index (χ4v) is 5.68. The van der Waals surface area contributed by atoms with Crippen LogP contribution in [0, 0.1) is 17.6 Å². The quantitative estimate of drug-likeness (QED) is 0.778. The number of carbonyl (C=O) groups is 1. The van der Waals surface area contributed by atoms with Gasteiger partial charge in [0.1, 0.15) is 11.6 Å². The zero-order valence-corrected chi connectivity index (χ0v) is 17.0. The Hall–Kier alpha value is -1.54. The summed E-state index contributed by atoms with van der Waals surface area (Å²) in [5.74, 6) is -1.49. The summed E-state index contributed by atoms with van der Waals surface area (Å²) in [7, 11) is -3.23. The summed E-state index contributed by atoms with van der Waals surface area (Å²) >= 11 is 0. The van der Waals surface area contributed by atoms with Crippen molar-refractivity contribution in [1.29, 1.82) is 0 Å². The van der Waals surface area contributed by atoms with Gasteiger partial charge in [-0.25, -0.2) is 21.5 Å². The molecule has 1 heterocycles. The second-order valence-electron chi connectivity index (χ2n) is 7.88. The third-order valence-electron chi connectivity index (χ3n) is 6.24. The van der Waals surface area contributed by atoms with Gasteiger partial charge in [-0.1, -0.05) is 18.9 Å². The highest BCUT2D eigenvalue weighted by Gasteiger charge is 2.40. The first-order valence-corrected chi connectivity index (χ1v) is 11.6. The van der Waals surface area contributed by atoms with E-state index in [1.54, 1.807) is 6.92 Å². The SMILES string of the molecule is CCS(=O)(=O)N1CCC(C(=O)NCC2(c3c(F)cccc3F)CCCC2)CC1. The van der Waals surface area contributed by atoms with Crippen molar-refractivity contribution in [3.05, 3.63) is 35.4 Å². The molecule has 1 N–H and O–H groups in total. The molecule has 3 rings (SSSR count). The van der Waals surface area contributed by atoms with E-state index in [0.717, 1.165) is 12.8 Å². The summed E-state index contributed by atoms with van der Waals surface area (Å²) < 4.78 is 54.1. The molecule has 1 saturated heterocycles. The van der Waals surface area contributed by atoms with Crippen molar-refractivity contribution in [3.8, 4) is 0 Å². The molecule has 2 fully saturated rings. The van der Waals surface area contributed by atoms with Gasteiger partial charge in [-0.05, 0) is 44.7 Å². The van der Waals surface area contributed by atoms with Gasteiger partial charge in [0.15, 0.2) is 0 Å². The standard InChI is InChI=1S/C20H28F2N2O3S/c1-2-28(26,27)24-12-8-15(9-13-24)19(25)23-14-20(10-3-4-11-20)18-16(21)6-5-7-17(18)22/h5-7,15H,2-4,8-14H2,1H3,(H,23,25). The van der Waals surface area contributed by atoms with Crippen molar-refractivity contribution >= 4 is 15.9 Å². The third kappa shape index (κ3) is 4.22. The number of benzene rings is 1. The van der Waals surface area contributed by atoms with Crippen molar-refractivity contribution in [2.24, 2.45) is 5.92 Å². The Balaban J connectivity index is 1.65. The monoisotopic (exact) mass is 414 g/mol. The molecule has 2 aliphatic rings. The maximum absolute atomic E-state index is 14.4. The maximum atomic E-state index is 14.4. The predicted octanol–water partition coefficient (Wildman–Crippen LogP) is 2.95. The van der Waals surface area contributed by atoms with Crippen molar-refractivity contribution in [1.82, 2.24) is 9.62 Å². The van der Waals surface area contributed by atoms with E-state index in [4.69, 9.17) is 0 Å². The van der Waals surface area contributed by atoms with E-state index in [9.17, 15) is 22.0 Å². The summed E-state index contributed by atoms with van der Waals surface area (Å²) in [5.41, 5.74) is -0.631. The minimum absolute atomic E-state index is 0.0561. The summed E-state index contributed by atoms with van der Waals surface area (Å²) in [6, 6.07) is 3.89. The summed E-state index contributed by atoms with van der Waals surface area (Å²) in [6.07, 6.45) is 3.95. The van der Waals surface area contributed by atoms with Crippen LogP contribution in [0.15, 0.2) is 18.2 Å². The molecule has 5 nitrogen and oxygen atoms in total. The molecule has 1 aromatic carbocycles. The fourth-order valence-electron chi connectivity index (χ4n) is 4.55. The summed E-state index contributed by atoms with van der Waals surface area (Å²) in [4.78, 5) is 12.7. The average molecular weight is 415 g/mol. The topological polar surface area (TPSA) is 66.5 Å². The number of amides is 1. The number of hydrogen-bond acceptors (Lipinski definition) is 3. The van der Waals surface area contributed by atoms with Gasteiger partial charge in [0, 0.05) is 36.5 Å². The molecule has 0 aromatic heterocycles. The Labute approximate surface area is 165 Å². The van der Waals surface area contributed by atoms with Gasteiger partial charge in [-0.15, -0.1) is 0 Å². The first kappa shape index (κ1) is 21.2. The number of piperidine rings is 1. The number of hydrogen-bond donors (Lipinski definition) is 1. The molecule has 8 heteroatoms. The lowest BCUT2D eigenvalue weighted by molar-refractivity contribution is -0.126. The van der Waals surface area contributed by atoms with Crippen molar-refractivity contribution in [2.45, 2.75) is 50.9 Å². The Bertz CT molecular complexity index is 794. The van der Waals surface area contributed by atoms with Gasteiger partial charge in [-0.3, -0.25) is 4.79 Å². The molecule has 0 spiro atoms. The van der Waals surface area contributed by atoms with Crippen LogP contribution in [-0.2, 0) is 20.2 Å². The van der Waals surface area contributed by atoms with Crippen LogP contribution in [0.3, 0.4) is 0 Å². The van der Waals surface area contributed by atoms with Gasteiger partial charge in [-0.2, -0.15) is 0 Å². The Kier molecular flexibility index (Phi) is 6.39. The Morgan fingerprint density at radius 3 is 2.29 bits per heavy atom. The number of halogens is 2. The first-order chi connectivity index (χ1) is 13.3. The Morgan fingerprint density at radius 2 is 1.75 bits per heavy atom. The van der Waals surface area contributed by atoms with Crippen molar-refractivity contribution in [2.75, 3.05) is 25.4 Å². The van der Waals surface area contributed by atoms with Gasteiger partial charge >= 0.3 is 0 Å². The fraction of sp³-hybridized carbons (Fsp3) is 0.650. The average Bonchev–Trinajstić information content (AvgIpc) is 3.16. The summed E-state index contributed by atoms with van der Waals surface area (Å²) in [5, 5.41) is 2.92. The molecule has 0 unspecified atom stereocenters. The van der Waals surface area contributed by atoms with Gasteiger partial charge in [0.05, 0.1) is 5.75 Å². The smallest absolute Gasteiger partial charge is 0.223 e. The zero-order chi connectivity index (χ0) is 20.4. The lowest BCUT2D eigenvalue weighted by atomic mass is 9.78. The van der Waals surface area contributed by atoms with E-state index >= 15 is 0 Å². The second-order valence-corrected chi connectivity index (χ2v) is 10.1. The molecule has 0 atom stereocenters. The number of carbonyl (C=O) groups excluding carboxylic acids is 1. The van der Waals surface area contributed by atoms with Crippen LogP contribution >= 0.6 is 0 Å². The van der Waals surface area contributed by atoms with E-state index in [2.05, 4.69) is 5.32 Å². The lowest BCUT2D eigenvalue weighted by Crippen LogP contribution is -2.46. The van der Waals surface area contributed by atoms with E-state index in [0.29, 0.717) is 38.8 Å². The molecule has 1 amide bonds. The predicted molar refractivity (Wildman–Crippen MR) is 103 cm³/mol. The van der Waals surface area contributed by atoms with E-state index in [1.165, 1.54) is 22.5 Å². The zero-order valence-electron chi connectivity index (χ0n) is 16.2. The van der Waals surface area contributed by atoms with E-state index in [-0.39, 0.29) is 29.7 Å². The lowest BCUT2D eigenvalue weighted by Gasteiger charge is -2.33. The first-order valence-electron chi connectivity index (χ1n) is 9.99. The Morgan fingerprint density at radius 1 is 1.18 bits per heavy atom. The van der Waals surface area contributed by atoms with Crippen LogP contribution in [0.5, 0.6) is 0 Å². The van der Waals surface area contributed by atoms with Crippen LogP contribution < -0.4 is 5.32 Å². The molecule has 156 valence electrons. The minimum Gasteiger partial charge on any atom is -0.355 e. The van der Waals surface area contributed by atoms with Gasteiger partial charge < -0.3 is 5.32 Å². The second kappa shape index (κ2) is 8.45. The highest BCUT2D eigenvalue weighted by Crippen LogP contribution is 2.43. The van der Waals surface area contributed by atoms with E-state index in [1.807, 2.05) is 0 Å². The molecule has 0 radical (unpaired) electrons. The molecule has 1 aliphatic heterocycles. The van der Waals surface area contributed by atoms with Crippen molar-refractivity contribution < 1.29 is 22.0 Å². The van der Waals surface area contributed by atoms with Crippen molar-refractivity contribution in [3.63, 3.8) is 0 Å². The summed E-state index contributed by atoms with van der Waals surface area (Å²) in [6.45, 7) is 2.48.